The standard InChI is InChI=1S/C27H21FN2O3S/c1-17-10-12-19(13-11-17)32-16-22-21-7-3-5-9-24(21)33-25(22)26(31)30-27-29-15-20(34-27)14-18-6-2-4-8-23(18)28/h2-13,15H,14,16H2,1H3,(H,29,30,31). The molecule has 1 N–H and O–H groups in total. The molecule has 0 saturated heterocycles. The molecule has 2 heterocycles. The normalized spacial score (nSPS) is 11.0. The van der Waals surface area contributed by atoms with Crippen molar-refractivity contribution in [2.24, 2.45) is 0 Å². The molecule has 34 heavy (non-hydrogen) atoms. The Morgan fingerprint density at radius 2 is 1.82 bits per heavy atom. The van der Waals surface area contributed by atoms with Crippen molar-refractivity contribution in [3.8, 4) is 5.75 Å². The van der Waals surface area contributed by atoms with E-state index in [0.717, 1.165) is 15.8 Å². The second-order valence-corrected chi connectivity index (χ2v) is 8.98. The molecule has 3 aromatic carbocycles. The lowest BCUT2D eigenvalue weighted by Crippen LogP contribution is -2.13. The van der Waals surface area contributed by atoms with Crippen molar-refractivity contribution in [3.63, 3.8) is 0 Å². The molecule has 5 nitrogen and oxygen atoms in total. The number of nitrogens with zero attached hydrogens (tertiary/aromatic N) is 1. The number of hydrogen-bond acceptors (Lipinski definition) is 5. The number of carbonyl (C=O) groups is 1. The van der Waals surface area contributed by atoms with E-state index < -0.39 is 5.91 Å². The zero-order chi connectivity index (χ0) is 23.5. The molecule has 0 unspecified atom stereocenters. The van der Waals surface area contributed by atoms with Crippen LogP contribution in [0.25, 0.3) is 11.0 Å². The van der Waals surface area contributed by atoms with Gasteiger partial charge in [0.05, 0.1) is 0 Å². The molecule has 0 aliphatic rings. The molecule has 0 fully saturated rings. The minimum atomic E-state index is -0.412. The van der Waals surface area contributed by atoms with E-state index in [0.29, 0.717) is 34.0 Å². The molecule has 1 amide bonds. The first-order valence-electron chi connectivity index (χ1n) is 10.8. The summed E-state index contributed by atoms with van der Waals surface area (Å²) in [6.07, 6.45) is 2.05. The molecule has 5 aromatic rings. The van der Waals surface area contributed by atoms with Crippen LogP contribution in [0.4, 0.5) is 9.52 Å². The predicted molar refractivity (Wildman–Crippen MR) is 131 cm³/mol. The summed E-state index contributed by atoms with van der Waals surface area (Å²) in [5.74, 6) is 0.214. The molecule has 0 bridgehead atoms. The fourth-order valence-electron chi connectivity index (χ4n) is 3.65. The van der Waals surface area contributed by atoms with Gasteiger partial charge in [-0.05, 0) is 36.8 Å². The van der Waals surface area contributed by atoms with Gasteiger partial charge in [0.15, 0.2) is 10.9 Å². The van der Waals surface area contributed by atoms with Gasteiger partial charge in [0.25, 0.3) is 5.91 Å². The summed E-state index contributed by atoms with van der Waals surface area (Å²) in [6.45, 7) is 2.19. The molecule has 0 aliphatic carbocycles. The minimum absolute atomic E-state index is 0.180. The maximum absolute atomic E-state index is 14.0. The number of hydrogen-bond donors (Lipinski definition) is 1. The Hall–Kier alpha value is -3.97. The van der Waals surface area contributed by atoms with Gasteiger partial charge < -0.3 is 9.15 Å². The van der Waals surface area contributed by atoms with E-state index in [1.54, 1.807) is 24.4 Å². The van der Waals surface area contributed by atoms with Crippen LogP contribution < -0.4 is 10.1 Å². The number of aromatic nitrogens is 1. The summed E-state index contributed by atoms with van der Waals surface area (Å²) in [5, 5.41) is 4.05. The van der Waals surface area contributed by atoms with Gasteiger partial charge in [0.1, 0.15) is 23.8 Å². The molecular formula is C27H21FN2O3S. The van der Waals surface area contributed by atoms with Gasteiger partial charge >= 0.3 is 0 Å². The van der Waals surface area contributed by atoms with Crippen LogP contribution in [0.3, 0.4) is 0 Å². The van der Waals surface area contributed by atoms with Crippen LogP contribution >= 0.6 is 11.3 Å². The topological polar surface area (TPSA) is 64.4 Å². The average molecular weight is 473 g/mol. The number of nitrogens with one attached hydrogen (secondary N) is 1. The third-order valence-corrected chi connectivity index (χ3v) is 6.32. The molecular weight excluding hydrogens is 451 g/mol. The lowest BCUT2D eigenvalue weighted by atomic mass is 10.1. The van der Waals surface area contributed by atoms with Gasteiger partial charge in [-0.25, -0.2) is 9.37 Å². The van der Waals surface area contributed by atoms with Crippen molar-refractivity contribution in [3.05, 3.63) is 112 Å². The number of furan rings is 1. The fourth-order valence-corrected chi connectivity index (χ4v) is 4.48. The molecule has 0 saturated carbocycles. The first-order valence-corrected chi connectivity index (χ1v) is 11.6. The number of amides is 1. The van der Waals surface area contributed by atoms with Gasteiger partial charge in [-0.2, -0.15) is 0 Å². The Kier molecular flexibility index (Phi) is 6.10. The molecule has 7 heteroatoms. The molecule has 0 aliphatic heterocycles. The summed E-state index contributed by atoms with van der Waals surface area (Å²) < 4.78 is 25.8. The molecule has 0 atom stereocenters. The number of fused-ring (bicyclic) bond motifs is 1. The lowest BCUT2D eigenvalue weighted by Gasteiger charge is -2.07. The third kappa shape index (κ3) is 4.70. The summed E-state index contributed by atoms with van der Waals surface area (Å²) in [7, 11) is 0. The van der Waals surface area contributed by atoms with Crippen LogP contribution in [0.5, 0.6) is 5.75 Å². The Morgan fingerprint density at radius 1 is 1.06 bits per heavy atom. The maximum Gasteiger partial charge on any atom is 0.293 e. The fraction of sp³-hybridized carbons (Fsp3) is 0.111. The highest BCUT2D eigenvalue weighted by Crippen LogP contribution is 2.29. The first kappa shape index (κ1) is 21.9. The van der Waals surface area contributed by atoms with Crippen molar-refractivity contribution >= 4 is 33.3 Å². The number of halogens is 1. The maximum atomic E-state index is 14.0. The van der Waals surface area contributed by atoms with Crippen LogP contribution in [0.1, 0.15) is 32.1 Å². The Labute approximate surface area is 199 Å². The molecule has 2 aromatic heterocycles. The smallest absolute Gasteiger partial charge is 0.293 e. The van der Waals surface area contributed by atoms with Crippen molar-refractivity contribution < 1.29 is 18.3 Å². The highest BCUT2D eigenvalue weighted by molar-refractivity contribution is 7.15. The number of anilines is 1. The van der Waals surface area contributed by atoms with Gasteiger partial charge in [0, 0.05) is 28.4 Å². The number of benzene rings is 3. The number of rotatable bonds is 7. The van der Waals surface area contributed by atoms with Crippen molar-refractivity contribution in [2.75, 3.05) is 5.32 Å². The predicted octanol–water partition coefficient (Wildman–Crippen LogP) is 6.76. The molecule has 0 radical (unpaired) electrons. The summed E-state index contributed by atoms with van der Waals surface area (Å²) >= 11 is 1.30. The van der Waals surface area contributed by atoms with Crippen LogP contribution in [0.2, 0.25) is 0 Å². The SMILES string of the molecule is Cc1ccc(OCc2c(C(=O)Nc3ncc(Cc4ccccc4F)s3)oc3ccccc23)cc1. The second-order valence-electron chi connectivity index (χ2n) is 7.86. The van der Waals surface area contributed by atoms with E-state index in [4.69, 9.17) is 9.15 Å². The van der Waals surface area contributed by atoms with Crippen molar-refractivity contribution in [1.82, 2.24) is 4.98 Å². The number of thiazole rings is 1. The molecule has 5 rings (SSSR count). The first-order chi connectivity index (χ1) is 16.6. The van der Waals surface area contributed by atoms with Crippen molar-refractivity contribution in [2.45, 2.75) is 20.0 Å². The second kappa shape index (κ2) is 9.49. The van der Waals surface area contributed by atoms with Gasteiger partial charge in [0.2, 0.25) is 0 Å². The van der Waals surface area contributed by atoms with E-state index in [1.807, 2.05) is 55.5 Å². The van der Waals surface area contributed by atoms with Crippen LogP contribution in [-0.4, -0.2) is 10.9 Å². The third-order valence-electron chi connectivity index (χ3n) is 5.41. The van der Waals surface area contributed by atoms with E-state index >= 15 is 0 Å². The number of aryl methyl sites for hydroxylation is 1. The van der Waals surface area contributed by atoms with E-state index in [2.05, 4.69) is 10.3 Å². The lowest BCUT2D eigenvalue weighted by molar-refractivity contribution is 0.0995. The number of ether oxygens (including phenoxy) is 1. The monoisotopic (exact) mass is 472 g/mol. The van der Waals surface area contributed by atoms with Gasteiger partial charge in [-0.15, -0.1) is 11.3 Å². The zero-order valence-corrected chi connectivity index (χ0v) is 19.2. The zero-order valence-electron chi connectivity index (χ0n) is 18.4. The highest BCUT2D eigenvalue weighted by atomic mass is 32.1. The summed E-state index contributed by atoms with van der Waals surface area (Å²) in [4.78, 5) is 18.3. The number of para-hydroxylation sites is 1. The van der Waals surface area contributed by atoms with E-state index in [-0.39, 0.29) is 18.2 Å². The van der Waals surface area contributed by atoms with Crippen LogP contribution in [0, 0.1) is 12.7 Å². The van der Waals surface area contributed by atoms with Crippen LogP contribution in [-0.2, 0) is 13.0 Å². The highest BCUT2D eigenvalue weighted by Gasteiger charge is 2.22. The van der Waals surface area contributed by atoms with Gasteiger partial charge in [-0.3, -0.25) is 10.1 Å². The Bertz CT molecular complexity index is 1460. The Balaban J connectivity index is 1.36. The minimum Gasteiger partial charge on any atom is -0.489 e. The summed E-state index contributed by atoms with van der Waals surface area (Å²) in [6, 6.07) is 21.8. The van der Waals surface area contributed by atoms with Crippen molar-refractivity contribution in [1.29, 1.82) is 0 Å². The van der Waals surface area contributed by atoms with Gasteiger partial charge in [-0.1, -0.05) is 54.1 Å². The largest absolute Gasteiger partial charge is 0.489 e. The Morgan fingerprint density at radius 3 is 2.65 bits per heavy atom. The van der Waals surface area contributed by atoms with E-state index in [1.165, 1.54) is 17.4 Å². The summed E-state index contributed by atoms with van der Waals surface area (Å²) in [5.41, 5.74) is 2.99. The van der Waals surface area contributed by atoms with E-state index in [9.17, 15) is 9.18 Å². The molecule has 0 spiro atoms. The quantitative estimate of drug-likeness (QED) is 0.284. The number of carbonyl (C=O) groups excluding carboxylic acids is 1. The van der Waals surface area contributed by atoms with Crippen LogP contribution in [0.15, 0.2) is 83.4 Å². The molecule has 170 valence electrons. The average Bonchev–Trinajstić information content (AvgIpc) is 3.44.